The van der Waals surface area contributed by atoms with Crippen molar-refractivity contribution in [3.8, 4) is 0 Å². The molecule has 0 aromatic rings. The largest absolute Gasteiger partial charge is 0.275 e. The SMILES string of the molecule is O=S1(=O)SS1. The Morgan fingerprint density at radius 1 is 1.20 bits per heavy atom. The first-order chi connectivity index (χ1) is 2.21. The van der Waals surface area contributed by atoms with E-state index in [1.165, 1.54) is 0 Å². The van der Waals surface area contributed by atoms with Gasteiger partial charge in [0.15, 0.2) is 0 Å². The molecule has 30 valence electrons. The lowest BCUT2D eigenvalue weighted by Crippen LogP contribution is -1.50. The summed E-state index contributed by atoms with van der Waals surface area (Å²) in [5.74, 6) is 0. The summed E-state index contributed by atoms with van der Waals surface area (Å²) in [5.41, 5.74) is 0. The molecule has 0 saturated carbocycles. The van der Waals surface area contributed by atoms with Gasteiger partial charge in [0.2, 0.25) is 0 Å². The van der Waals surface area contributed by atoms with Gasteiger partial charge in [0, 0.05) is 0 Å². The molecule has 0 N–H and O–H groups in total. The highest BCUT2D eigenvalue weighted by atomic mass is 34.1. The molecule has 5 heteroatoms. The highest BCUT2D eigenvalue weighted by Crippen LogP contribution is 2.55. The van der Waals surface area contributed by atoms with E-state index >= 15 is 0 Å². The van der Waals surface area contributed by atoms with Crippen LogP contribution in [0.3, 0.4) is 0 Å². The summed E-state index contributed by atoms with van der Waals surface area (Å²) in [4.78, 5) is 0. The lowest BCUT2D eigenvalue weighted by molar-refractivity contribution is 0.624. The van der Waals surface area contributed by atoms with Crippen LogP contribution in [0.2, 0.25) is 0 Å². The smallest absolute Gasteiger partial charge is 0.204 e. The molecule has 0 aromatic heterocycles. The van der Waals surface area contributed by atoms with Gasteiger partial charge < -0.3 is 0 Å². The maximum atomic E-state index is 9.67. The lowest BCUT2D eigenvalue weighted by Gasteiger charge is -1.38. The minimum Gasteiger partial charge on any atom is -0.204 e. The van der Waals surface area contributed by atoms with Crippen molar-refractivity contribution >= 4 is 27.6 Å². The van der Waals surface area contributed by atoms with Crippen molar-refractivity contribution in [3.63, 3.8) is 0 Å². The van der Waals surface area contributed by atoms with Crippen LogP contribution in [0.15, 0.2) is 0 Å². The van der Waals surface area contributed by atoms with Crippen LogP contribution in [0.25, 0.3) is 0 Å². The Morgan fingerprint density at radius 3 is 1.40 bits per heavy atom. The van der Waals surface area contributed by atoms with Crippen LogP contribution in [-0.2, 0) is 7.90 Å². The average Bonchev–Trinajstić information content (AvgIpc) is 1.76. The molecule has 2 nitrogen and oxygen atoms in total. The first kappa shape index (κ1) is 3.83. The van der Waals surface area contributed by atoms with E-state index in [4.69, 9.17) is 0 Å². The second kappa shape index (κ2) is 0.828. The van der Waals surface area contributed by atoms with Crippen LogP contribution in [-0.4, -0.2) is 8.42 Å². The van der Waals surface area contributed by atoms with Crippen molar-refractivity contribution < 1.29 is 8.42 Å². The van der Waals surface area contributed by atoms with Gasteiger partial charge in [0.25, 0.3) is 7.90 Å². The standard InChI is InChI=1S/O2S3/c1-5(2)3-4-5. The van der Waals surface area contributed by atoms with Gasteiger partial charge in [-0.3, -0.25) is 0 Å². The molecule has 0 unspecified atom stereocenters. The molecule has 1 heterocycles. The predicted molar refractivity (Wildman–Crippen MR) is 24.1 cm³/mol. The van der Waals surface area contributed by atoms with E-state index in [0.29, 0.717) is 0 Å². The molecule has 0 aliphatic carbocycles. The van der Waals surface area contributed by atoms with Gasteiger partial charge in [0.1, 0.15) is 0 Å². The zero-order valence-corrected chi connectivity index (χ0v) is 4.49. The van der Waals surface area contributed by atoms with E-state index < -0.39 is 7.90 Å². The fourth-order valence-corrected chi connectivity index (χ4v) is 1.84. The Labute approximate surface area is 36.4 Å². The number of hydrogen-bond acceptors (Lipinski definition) is 4. The highest BCUT2D eigenvalue weighted by Gasteiger charge is 2.30. The molecular weight excluding hydrogens is 128 g/mol. The molecule has 0 spiro atoms. The quantitative estimate of drug-likeness (QED) is 0.354. The molecular formula is O2S3. The Bertz CT molecular complexity index is 108. The summed E-state index contributed by atoms with van der Waals surface area (Å²) in [7, 11) is -0.755. The second-order valence-electron chi connectivity index (χ2n) is 0.544. The monoisotopic (exact) mass is 128 g/mol. The van der Waals surface area contributed by atoms with Crippen LogP contribution in [0.1, 0.15) is 0 Å². The van der Waals surface area contributed by atoms with Gasteiger partial charge >= 0.3 is 0 Å². The summed E-state index contributed by atoms with van der Waals surface area (Å²) in [6, 6.07) is 0. The van der Waals surface area contributed by atoms with Crippen molar-refractivity contribution in [2.24, 2.45) is 0 Å². The van der Waals surface area contributed by atoms with Crippen molar-refractivity contribution in [2.45, 2.75) is 0 Å². The van der Waals surface area contributed by atoms with Crippen LogP contribution >= 0.6 is 19.7 Å². The Morgan fingerprint density at radius 2 is 1.40 bits per heavy atom. The van der Waals surface area contributed by atoms with Gasteiger partial charge in [-0.15, -0.1) is 0 Å². The van der Waals surface area contributed by atoms with E-state index in [9.17, 15) is 8.42 Å². The summed E-state index contributed by atoms with van der Waals surface area (Å²) < 4.78 is 19.3. The summed E-state index contributed by atoms with van der Waals surface area (Å²) >= 11 is 0. The van der Waals surface area contributed by atoms with Gasteiger partial charge in [-0.05, 0) is 0 Å². The minimum atomic E-state index is -2.58. The van der Waals surface area contributed by atoms with E-state index in [1.807, 2.05) is 0 Å². The molecule has 1 aliphatic rings. The highest BCUT2D eigenvalue weighted by molar-refractivity contribution is 9.55. The summed E-state index contributed by atoms with van der Waals surface area (Å²) in [6.07, 6.45) is 0. The summed E-state index contributed by atoms with van der Waals surface area (Å²) in [6.45, 7) is 0. The molecule has 0 bridgehead atoms. The molecule has 0 radical (unpaired) electrons. The minimum absolute atomic E-state index is 0.914. The Kier molecular flexibility index (Phi) is 0.634. The van der Waals surface area contributed by atoms with E-state index in [1.54, 1.807) is 0 Å². The van der Waals surface area contributed by atoms with Gasteiger partial charge in [0.05, 0.1) is 19.7 Å². The van der Waals surface area contributed by atoms with Crippen molar-refractivity contribution in [1.29, 1.82) is 0 Å². The first-order valence-corrected chi connectivity index (χ1v) is 5.50. The van der Waals surface area contributed by atoms with Crippen LogP contribution < -0.4 is 0 Å². The molecule has 5 heavy (non-hydrogen) atoms. The zero-order valence-electron chi connectivity index (χ0n) is 2.04. The van der Waals surface area contributed by atoms with Crippen molar-refractivity contribution in [2.75, 3.05) is 0 Å². The molecule has 0 aromatic carbocycles. The molecule has 0 amide bonds. The number of hydrogen-bond donors (Lipinski definition) is 0. The molecule has 1 saturated heterocycles. The third kappa shape index (κ3) is 1.02. The maximum Gasteiger partial charge on any atom is 0.275 e. The van der Waals surface area contributed by atoms with Gasteiger partial charge in [-0.25, -0.2) is 8.42 Å². The molecule has 1 rings (SSSR count). The second-order valence-corrected chi connectivity index (χ2v) is 8.16. The van der Waals surface area contributed by atoms with Crippen LogP contribution in [0.5, 0.6) is 0 Å². The van der Waals surface area contributed by atoms with Crippen LogP contribution in [0, 0.1) is 0 Å². The van der Waals surface area contributed by atoms with Crippen molar-refractivity contribution in [1.82, 2.24) is 0 Å². The third-order valence-electron chi connectivity index (χ3n) is 0.179. The van der Waals surface area contributed by atoms with Gasteiger partial charge in [-0.1, -0.05) is 0 Å². The van der Waals surface area contributed by atoms with Crippen molar-refractivity contribution in [3.05, 3.63) is 0 Å². The topological polar surface area (TPSA) is 34.1 Å². The summed E-state index contributed by atoms with van der Waals surface area (Å²) in [5, 5.41) is 0. The Hall–Kier alpha value is 0.650. The molecule has 1 aliphatic heterocycles. The number of rotatable bonds is 0. The fraction of sp³-hybridized carbons (Fsp3) is 0. The predicted octanol–water partition coefficient (Wildman–Crippen LogP) is 0.626. The lowest BCUT2D eigenvalue weighted by atomic mass is 15.9. The van der Waals surface area contributed by atoms with E-state index in [0.717, 1.165) is 19.7 Å². The van der Waals surface area contributed by atoms with E-state index in [2.05, 4.69) is 0 Å². The van der Waals surface area contributed by atoms with Gasteiger partial charge in [-0.2, -0.15) is 0 Å². The molecule has 0 atom stereocenters. The maximum absolute atomic E-state index is 9.67. The fourth-order valence-electron chi connectivity index (χ4n) is 0.0227. The zero-order chi connectivity index (χ0) is 3.91. The van der Waals surface area contributed by atoms with Crippen LogP contribution in [0.4, 0.5) is 0 Å². The third-order valence-corrected chi connectivity index (χ3v) is 4.84. The normalized spacial score (nSPS) is 29.6. The van der Waals surface area contributed by atoms with E-state index in [-0.39, 0.29) is 0 Å². The first-order valence-electron chi connectivity index (χ1n) is 0.833. The Balaban J connectivity index is 3.15. The molecule has 1 fully saturated rings. The average molecular weight is 128 g/mol.